The van der Waals surface area contributed by atoms with Crippen molar-refractivity contribution in [3.63, 3.8) is 0 Å². The molecule has 9 nitrogen and oxygen atoms in total. The zero-order valence-electron chi connectivity index (χ0n) is 16.7. The van der Waals surface area contributed by atoms with Crippen molar-refractivity contribution in [3.05, 3.63) is 36.2 Å². The van der Waals surface area contributed by atoms with Crippen LogP contribution in [0.1, 0.15) is 55.1 Å². The highest BCUT2D eigenvalue weighted by atomic mass is 16.1. The fourth-order valence-corrected chi connectivity index (χ4v) is 4.24. The first-order valence-electron chi connectivity index (χ1n) is 10.5. The summed E-state index contributed by atoms with van der Waals surface area (Å²) < 4.78 is 2.30. The second-order valence-corrected chi connectivity index (χ2v) is 8.21. The van der Waals surface area contributed by atoms with Crippen molar-refractivity contribution in [1.29, 1.82) is 0 Å². The molecule has 2 aliphatic carbocycles. The molecular formula is C21H26N8O. The molecule has 0 spiro atoms. The molecule has 0 bridgehead atoms. The maximum absolute atomic E-state index is 11.9. The molecule has 30 heavy (non-hydrogen) atoms. The van der Waals surface area contributed by atoms with E-state index in [0.717, 1.165) is 42.3 Å². The molecule has 2 fully saturated rings. The van der Waals surface area contributed by atoms with Crippen LogP contribution in [0.15, 0.2) is 30.5 Å². The Labute approximate surface area is 174 Å². The molecule has 0 unspecified atom stereocenters. The van der Waals surface area contributed by atoms with Gasteiger partial charge in [0.1, 0.15) is 0 Å². The second-order valence-electron chi connectivity index (χ2n) is 8.21. The smallest absolute Gasteiger partial charge is 0.273 e. The molecule has 2 heterocycles. The number of nitrogens with two attached hydrogens (primary N) is 2. The van der Waals surface area contributed by atoms with Gasteiger partial charge in [-0.3, -0.25) is 4.79 Å². The number of nitrogens with zero attached hydrogens (tertiary/aromatic N) is 4. The van der Waals surface area contributed by atoms with Crippen molar-refractivity contribution in [2.45, 2.75) is 56.7 Å². The predicted molar refractivity (Wildman–Crippen MR) is 116 cm³/mol. The molecule has 2 aromatic heterocycles. The number of rotatable bonds is 6. The maximum Gasteiger partial charge on any atom is 0.273 e. The highest BCUT2D eigenvalue weighted by Gasteiger charge is 2.26. The summed E-state index contributed by atoms with van der Waals surface area (Å²) in [5, 5.41) is 15.7. The number of benzene rings is 1. The lowest BCUT2D eigenvalue weighted by Crippen LogP contribution is -2.43. The highest BCUT2D eigenvalue weighted by molar-refractivity contribution is 5.99. The summed E-state index contributed by atoms with van der Waals surface area (Å²) in [5.74, 6) is -0.0511. The number of carbonyl (C=O) groups excluding carboxylic acids is 1. The van der Waals surface area contributed by atoms with E-state index < -0.39 is 5.91 Å². The van der Waals surface area contributed by atoms with Crippen LogP contribution in [0.2, 0.25) is 0 Å². The molecular weight excluding hydrogens is 380 g/mol. The molecule has 0 saturated heterocycles. The lowest BCUT2D eigenvalue weighted by molar-refractivity contribution is 0.0995. The Bertz CT molecular complexity index is 1090. The third-order valence-electron chi connectivity index (χ3n) is 6.01. The Kier molecular flexibility index (Phi) is 4.74. The summed E-state index contributed by atoms with van der Waals surface area (Å²) >= 11 is 0. The second kappa shape index (κ2) is 7.56. The maximum atomic E-state index is 11.9. The molecule has 1 aromatic carbocycles. The van der Waals surface area contributed by atoms with Gasteiger partial charge in [0.15, 0.2) is 11.5 Å². The minimum atomic E-state index is -0.679. The van der Waals surface area contributed by atoms with Crippen LogP contribution < -0.4 is 22.1 Å². The number of primary amides is 1. The standard InChI is InChI=1S/C21H26N8O/c22-14-4-1-2-5-16(14)25-21-26-20(18(19(23)30)27-28-21)24-15-6-3-7-17-13(15)10-11-29(17)12-8-9-12/h3,6-7,10-12,14,16H,1-2,4-5,8-9,22H2,(H2,23,30)(H2,24,25,26,28)/t14-,16+/m0/s1. The average Bonchev–Trinajstić information content (AvgIpc) is 3.48. The van der Waals surface area contributed by atoms with E-state index in [1.807, 2.05) is 12.1 Å². The van der Waals surface area contributed by atoms with E-state index in [1.165, 1.54) is 12.8 Å². The third-order valence-corrected chi connectivity index (χ3v) is 6.01. The van der Waals surface area contributed by atoms with Gasteiger partial charge in [-0.05, 0) is 43.9 Å². The molecule has 9 heteroatoms. The van der Waals surface area contributed by atoms with Gasteiger partial charge in [0.05, 0.1) is 5.52 Å². The Morgan fingerprint density at radius 2 is 1.93 bits per heavy atom. The summed E-state index contributed by atoms with van der Waals surface area (Å²) in [6.07, 6.45) is 8.70. The van der Waals surface area contributed by atoms with Crippen LogP contribution in [-0.2, 0) is 0 Å². The predicted octanol–water partition coefficient (Wildman–Crippen LogP) is 2.69. The molecule has 5 rings (SSSR count). The molecule has 1 amide bonds. The first kappa shape index (κ1) is 18.8. The largest absolute Gasteiger partial charge is 0.364 e. The molecule has 2 atom stereocenters. The van der Waals surface area contributed by atoms with Gasteiger partial charge in [0.2, 0.25) is 5.95 Å². The van der Waals surface area contributed by atoms with Crippen molar-refractivity contribution in [1.82, 2.24) is 19.7 Å². The fourth-order valence-electron chi connectivity index (χ4n) is 4.24. The summed E-state index contributed by atoms with van der Waals surface area (Å²) in [6, 6.07) is 8.83. The average molecular weight is 406 g/mol. The minimum Gasteiger partial charge on any atom is -0.364 e. The number of hydrogen-bond donors (Lipinski definition) is 4. The quantitative estimate of drug-likeness (QED) is 0.494. The first-order valence-corrected chi connectivity index (χ1v) is 10.5. The molecule has 0 aliphatic heterocycles. The van der Waals surface area contributed by atoms with Crippen LogP contribution in [0.5, 0.6) is 0 Å². The van der Waals surface area contributed by atoms with Gasteiger partial charge in [-0.25, -0.2) is 0 Å². The van der Waals surface area contributed by atoms with Crippen LogP contribution in [-0.4, -0.2) is 37.7 Å². The first-order chi connectivity index (χ1) is 14.6. The Morgan fingerprint density at radius 1 is 1.10 bits per heavy atom. The summed E-state index contributed by atoms with van der Waals surface area (Å²) in [5.41, 5.74) is 13.8. The molecule has 6 N–H and O–H groups in total. The number of hydrogen-bond acceptors (Lipinski definition) is 7. The van der Waals surface area contributed by atoms with Gasteiger partial charge in [-0.2, -0.15) is 4.98 Å². The van der Waals surface area contributed by atoms with Crippen LogP contribution >= 0.6 is 0 Å². The molecule has 156 valence electrons. The number of anilines is 3. The van der Waals surface area contributed by atoms with Crippen LogP contribution in [0.4, 0.5) is 17.5 Å². The van der Waals surface area contributed by atoms with Crippen LogP contribution in [0, 0.1) is 0 Å². The molecule has 2 aliphatic rings. The van der Waals surface area contributed by atoms with Gasteiger partial charge in [0.25, 0.3) is 5.91 Å². The van der Waals surface area contributed by atoms with E-state index in [-0.39, 0.29) is 23.6 Å². The Hall–Kier alpha value is -3.20. The SMILES string of the molecule is NC(=O)c1nnc(N[C@@H]2CCCC[C@@H]2N)nc1Nc1cccc2c1ccn2C1CC1. The molecule has 0 radical (unpaired) electrons. The number of amides is 1. The molecule has 2 saturated carbocycles. The van der Waals surface area contributed by atoms with Gasteiger partial charge in [-0.15, -0.1) is 10.2 Å². The normalized spacial score (nSPS) is 21.5. The number of aromatic nitrogens is 4. The topological polar surface area (TPSA) is 137 Å². The van der Waals surface area contributed by atoms with E-state index in [4.69, 9.17) is 11.5 Å². The Morgan fingerprint density at radius 3 is 2.70 bits per heavy atom. The summed E-state index contributed by atoms with van der Waals surface area (Å²) in [6.45, 7) is 0. The number of nitrogens with one attached hydrogen (secondary N) is 2. The van der Waals surface area contributed by atoms with E-state index in [1.54, 1.807) is 0 Å². The van der Waals surface area contributed by atoms with Gasteiger partial charge in [-0.1, -0.05) is 18.9 Å². The zero-order chi connectivity index (χ0) is 20.7. The van der Waals surface area contributed by atoms with Crippen LogP contribution in [0.3, 0.4) is 0 Å². The highest BCUT2D eigenvalue weighted by Crippen LogP contribution is 2.39. The van der Waals surface area contributed by atoms with Crippen molar-refractivity contribution < 1.29 is 4.79 Å². The number of carbonyl (C=O) groups is 1. The van der Waals surface area contributed by atoms with E-state index in [9.17, 15) is 4.79 Å². The molecule has 3 aromatic rings. The van der Waals surface area contributed by atoms with E-state index in [0.29, 0.717) is 12.0 Å². The summed E-state index contributed by atoms with van der Waals surface area (Å²) in [7, 11) is 0. The van der Waals surface area contributed by atoms with Crippen molar-refractivity contribution in [2.75, 3.05) is 10.6 Å². The van der Waals surface area contributed by atoms with E-state index >= 15 is 0 Å². The minimum absolute atomic E-state index is 0.00659. The fraction of sp³-hybridized carbons (Fsp3) is 0.429. The number of fused-ring (bicyclic) bond motifs is 1. The Balaban J connectivity index is 1.47. The van der Waals surface area contributed by atoms with Crippen LogP contribution in [0.25, 0.3) is 10.9 Å². The third kappa shape index (κ3) is 3.56. The van der Waals surface area contributed by atoms with Gasteiger partial charge >= 0.3 is 0 Å². The van der Waals surface area contributed by atoms with Crippen molar-refractivity contribution in [2.24, 2.45) is 11.5 Å². The van der Waals surface area contributed by atoms with Crippen molar-refractivity contribution >= 4 is 34.3 Å². The lowest BCUT2D eigenvalue weighted by Gasteiger charge is -2.29. The monoisotopic (exact) mass is 406 g/mol. The van der Waals surface area contributed by atoms with Crippen molar-refractivity contribution in [3.8, 4) is 0 Å². The summed E-state index contributed by atoms with van der Waals surface area (Å²) in [4.78, 5) is 16.4. The van der Waals surface area contributed by atoms with Gasteiger partial charge in [0, 0.05) is 35.4 Å². The lowest BCUT2D eigenvalue weighted by atomic mass is 9.91. The zero-order valence-corrected chi connectivity index (χ0v) is 16.7. The van der Waals surface area contributed by atoms with E-state index in [2.05, 4.69) is 48.7 Å². The van der Waals surface area contributed by atoms with Gasteiger partial charge < -0.3 is 26.7 Å².